The maximum absolute atomic E-state index is 11.4. The van der Waals surface area contributed by atoms with Crippen molar-refractivity contribution < 1.29 is 19.4 Å². The quantitative estimate of drug-likeness (QED) is 0.363. The molecule has 2 rings (SSSR count). The largest absolute Gasteiger partial charge is 0.478 e. The van der Waals surface area contributed by atoms with Crippen molar-refractivity contribution in [2.24, 2.45) is 0 Å². The molecule has 1 amide bonds. The number of carbonyl (C=O) groups is 2. The van der Waals surface area contributed by atoms with Gasteiger partial charge in [-0.05, 0) is 12.5 Å². The molecule has 0 atom stereocenters. The number of carboxylic acid groups (broad SMARTS) is 1. The Hall–Kier alpha value is -2.88. The minimum absolute atomic E-state index is 0.0570. The highest BCUT2D eigenvalue weighted by atomic mass is 32.1. The SMILES string of the molecule is C=CCCOC(=O)NCc1cc(C(=O)O)c(Nn2c(=O)c2=O)s1. The van der Waals surface area contributed by atoms with E-state index < -0.39 is 23.2 Å². The van der Waals surface area contributed by atoms with Crippen molar-refractivity contribution in [3.63, 3.8) is 0 Å². The monoisotopic (exact) mass is 339 g/mol. The molecule has 2 heterocycles. The number of carbonyl (C=O) groups excluding carboxylic acids is 1. The Kier molecular flexibility index (Phi) is 4.96. The predicted octanol–water partition coefficient (Wildman–Crippen LogP) is 0.521. The lowest BCUT2D eigenvalue weighted by atomic mass is 10.3. The Morgan fingerprint density at radius 2 is 2.09 bits per heavy atom. The minimum atomic E-state index is -1.22. The molecule has 0 bridgehead atoms. The second-order valence-electron chi connectivity index (χ2n) is 4.39. The Balaban J connectivity index is 2.00. The van der Waals surface area contributed by atoms with Crippen LogP contribution >= 0.6 is 11.3 Å². The van der Waals surface area contributed by atoms with Crippen LogP contribution in [0.1, 0.15) is 21.7 Å². The number of aromatic nitrogens is 1. The molecule has 3 N–H and O–H groups in total. The Labute approximate surface area is 133 Å². The second-order valence-corrected chi connectivity index (χ2v) is 5.52. The fraction of sp³-hybridized carbons (Fsp3) is 0.231. The van der Waals surface area contributed by atoms with Gasteiger partial charge in [0, 0.05) is 4.88 Å². The summed E-state index contributed by atoms with van der Waals surface area (Å²) in [7, 11) is 0. The molecular formula is C13H13N3O6S. The van der Waals surface area contributed by atoms with Crippen molar-refractivity contribution in [1.29, 1.82) is 0 Å². The number of thiophene rings is 1. The van der Waals surface area contributed by atoms with Gasteiger partial charge >= 0.3 is 23.2 Å². The second kappa shape index (κ2) is 6.92. The molecule has 0 spiro atoms. The van der Waals surface area contributed by atoms with Crippen molar-refractivity contribution in [1.82, 2.24) is 9.99 Å². The molecule has 2 aromatic heterocycles. The summed E-state index contributed by atoms with van der Waals surface area (Å²) in [5.74, 6) is -1.22. The Bertz CT molecular complexity index is 788. The van der Waals surface area contributed by atoms with Crippen LogP contribution in [0.5, 0.6) is 0 Å². The number of alkyl carbamates (subject to hydrolysis) is 1. The maximum atomic E-state index is 11.4. The first-order valence-corrected chi connectivity index (χ1v) is 7.28. The molecule has 122 valence electrons. The van der Waals surface area contributed by atoms with Crippen LogP contribution in [0.15, 0.2) is 28.3 Å². The fourth-order valence-corrected chi connectivity index (χ4v) is 2.53. The van der Waals surface area contributed by atoms with Gasteiger partial charge in [0.1, 0.15) is 5.00 Å². The summed E-state index contributed by atoms with van der Waals surface area (Å²) >= 11 is 1.01. The van der Waals surface area contributed by atoms with E-state index in [4.69, 9.17) is 9.84 Å². The van der Waals surface area contributed by atoms with E-state index in [1.807, 2.05) is 0 Å². The molecular weight excluding hydrogens is 326 g/mol. The van der Waals surface area contributed by atoms with E-state index in [1.165, 1.54) is 6.07 Å². The van der Waals surface area contributed by atoms with Gasteiger partial charge in [-0.25, -0.2) is 9.59 Å². The van der Waals surface area contributed by atoms with Gasteiger partial charge in [-0.3, -0.25) is 15.0 Å². The highest BCUT2D eigenvalue weighted by Crippen LogP contribution is 2.28. The van der Waals surface area contributed by atoms with Gasteiger partial charge in [-0.15, -0.1) is 17.9 Å². The van der Waals surface area contributed by atoms with Crippen LogP contribution in [0, 0.1) is 0 Å². The van der Waals surface area contributed by atoms with Gasteiger partial charge in [0.2, 0.25) is 0 Å². The summed E-state index contributed by atoms with van der Waals surface area (Å²) in [6.07, 6.45) is 1.50. The van der Waals surface area contributed by atoms with Crippen LogP contribution in [0.25, 0.3) is 0 Å². The van der Waals surface area contributed by atoms with Crippen LogP contribution in [0.3, 0.4) is 0 Å². The molecule has 0 radical (unpaired) electrons. The lowest BCUT2D eigenvalue weighted by Crippen LogP contribution is -2.23. The number of nitrogens with one attached hydrogen (secondary N) is 2. The van der Waals surface area contributed by atoms with Gasteiger partial charge in [-0.2, -0.15) is 4.68 Å². The molecule has 0 aromatic carbocycles. The number of carboxylic acids is 1. The van der Waals surface area contributed by atoms with Crippen molar-refractivity contribution >= 4 is 28.4 Å². The fourth-order valence-electron chi connectivity index (χ4n) is 1.55. The first kappa shape index (κ1) is 16.5. The van der Waals surface area contributed by atoms with Crippen LogP contribution in [-0.4, -0.2) is 28.5 Å². The zero-order valence-electron chi connectivity index (χ0n) is 11.8. The predicted molar refractivity (Wildman–Crippen MR) is 82.6 cm³/mol. The average molecular weight is 339 g/mol. The molecule has 0 saturated carbocycles. The van der Waals surface area contributed by atoms with E-state index in [2.05, 4.69) is 17.3 Å². The molecule has 2 aromatic rings. The number of hydrogen-bond donors (Lipinski definition) is 3. The first-order valence-electron chi connectivity index (χ1n) is 6.46. The lowest BCUT2D eigenvalue weighted by molar-refractivity contribution is 0.0698. The Morgan fingerprint density at radius 3 is 2.65 bits per heavy atom. The molecule has 0 aliphatic rings. The molecule has 9 nitrogen and oxygen atoms in total. The molecule has 0 unspecified atom stereocenters. The molecule has 0 fully saturated rings. The van der Waals surface area contributed by atoms with Gasteiger partial charge in [-0.1, -0.05) is 6.08 Å². The smallest absolute Gasteiger partial charge is 0.407 e. The molecule has 0 saturated heterocycles. The number of ether oxygens (including phenoxy) is 1. The van der Waals surface area contributed by atoms with Crippen molar-refractivity contribution in [2.45, 2.75) is 13.0 Å². The molecule has 10 heteroatoms. The molecule has 0 aliphatic heterocycles. The van der Waals surface area contributed by atoms with E-state index in [-0.39, 0.29) is 23.7 Å². The van der Waals surface area contributed by atoms with Gasteiger partial charge in [0.25, 0.3) is 0 Å². The third kappa shape index (κ3) is 4.07. The number of hydrogen-bond acceptors (Lipinski definition) is 7. The molecule has 0 aliphatic carbocycles. The summed E-state index contributed by atoms with van der Waals surface area (Å²) in [6, 6.07) is 1.35. The van der Waals surface area contributed by atoms with Crippen molar-refractivity contribution in [3.8, 4) is 0 Å². The number of aromatic carboxylic acids is 1. The zero-order chi connectivity index (χ0) is 17.0. The van der Waals surface area contributed by atoms with Gasteiger partial charge < -0.3 is 15.2 Å². The summed E-state index contributed by atoms with van der Waals surface area (Å²) < 4.78 is 5.55. The zero-order valence-corrected chi connectivity index (χ0v) is 12.6. The average Bonchev–Trinajstić information content (AvgIpc) is 2.90. The minimum Gasteiger partial charge on any atom is -0.478 e. The van der Waals surface area contributed by atoms with Crippen LogP contribution in [0.2, 0.25) is 0 Å². The topological polar surface area (TPSA) is 127 Å². The van der Waals surface area contributed by atoms with E-state index in [9.17, 15) is 19.2 Å². The summed E-state index contributed by atoms with van der Waals surface area (Å²) in [5.41, 5.74) is 0.862. The van der Waals surface area contributed by atoms with Crippen LogP contribution in [-0.2, 0) is 11.3 Å². The number of anilines is 1. The van der Waals surface area contributed by atoms with Crippen LogP contribution in [0.4, 0.5) is 9.80 Å². The highest BCUT2D eigenvalue weighted by molar-refractivity contribution is 7.16. The van der Waals surface area contributed by atoms with E-state index in [0.717, 1.165) is 11.3 Å². The Morgan fingerprint density at radius 1 is 1.39 bits per heavy atom. The standard InChI is InChI=1S/C13H13N3O6S/c1-2-3-4-22-13(21)14-6-7-5-8(12(19)20)9(23-7)15-16-10(17)11(16)18/h2,5,15H,1,3-4,6H2,(H,14,21)(H,19,20). The highest BCUT2D eigenvalue weighted by Gasteiger charge is 2.21. The summed E-state index contributed by atoms with van der Waals surface area (Å²) in [4.78, 5) is 45.0. The van der Waals surface area contributed by atoms with Crippen molar-refractivity contribution in [3.05, 3.63) is 49.9 Å². The summed E-state index contributed by atoms with van der Waals surface area (Å²) in [5, 5.41) is 11.7. The number of nitrogens with zero attached hydrogens (tertiary/aromatic N) is 1. The summed E-state index contributed by atoms with van der Waals surface area (Å²) in [6.45, 7) is 3.75. The third-order valence-corrected chi connectivity index (χ3v) is 3.77. The van der Waals surface area contributed by atoms with E-state index >= 15 is 0 Å². The van der Waals surface area contributed by atoms with Crippen molar-refractivity contribution in [2.75, 3.05) is 12.0 Å². The number of amides is 1. The normalized spacial score (nSPS) is 10.4. The van der Waals surface area contributed by atoms with Gasteiger partial charge in [0.15, 0.2) is 0 Å². The lowest BCUT2D eigenvalue weighted by Gasteiger charge is -2.04. The van der Waals surface area contributed by atoms with E-state index in [0.29, 0.717) is 16.0 Å². The molecule has 23 heavy (non-hydrogen) atoms. The number of rotatable bonds is 8. The van der Waals surface area contributed by atoms with Crippen LogP contribution < -0.4 is 21.9 Å². The maximum Gasteiger partial charge on any atom is 0.407 e. The van der Waals surface area contributed by atoms with E-state index in [1.54, 1.807) is 6.08 Å². The third-order valence-electron chi connectivity index (χ3n) is 2.73. The van der Waals surface area contributed by atoms with Gasteiger partial charge in [0.05, 0.1) is 18.7 Å². The first-order chi connectivity index (χ1) is 10.9.